The molecular formula is C22H30F6N2O6. The van der Waals surface area contributed by atoms with Crippen molar-refractivity contribution in [3.8, 4) is 5.75 Å². The summed E-state index contributed by atoms with van der Waals surface area (Å²) in [5.41, 5.74) is 0.680. The zero-order valence-electron chi connectivity index (χ0n) is 19.7. The second-order valence-corrected chi connectivity index (χ2v) is 7.57. The van der Waals surface area contributed by atoms with Gasteiger partial charge in [-0.15, -0.1) is 0 Å². The Balaban J connectivity index is 2.57. The summed E-state index contributed by atoms with van der Waals surface area (Å²) in [5, 5.41) is 10.9. The molecule has 0 aliphatic heterocycles. The summed E-state index contributed by atoms with van der Waals surface area (Å²) in [4.78, 5) is 24.3. The normalized spacial score (nSPS) is 12.8. The number of carbonyl (C=O) groups excluding carboxylic acids is 1. The highest BCUT2D eigenvalue weighted by Crippen LogP contribution is 2.21. The number of halogens is 6. The molecule has 8 nitrogen and oxygen atoms in total. The molecule has 0 aliphatic rings. The maximum atomic E-state index is 12.4. The quantitative estimate of drug-likeness (QED) is 0.247. The SMILES string of the molecule is CCOC(Cc1ccc(OCCN(CCOCCCC(F)(F)F)C(=O)NCC(F)(F)F)cc1)C(=O)O. The van der Waals surface area contributed by atoms with Gasteiger partial charge in [0.1, 0.15) is 18.9 Å². The molecule has 206 valence electrons. The van der Waals surface area contributed by atoms with E-state index in [1.54, 1.807) is 36.5 Å². The second kappa shape index (κ2) is 15.4. The molecule has 0 bridgehead atoms. The second-order valence-electron chi connectivity index (χ2n) is 7.57. The first kappa shape index (κ1) is 31.3. The summed E-state index contributed by atoms with van der Waals surface area (Å²) in [5.74, 6) is -0.716. The Morgan fingerprint density at radius 1 is 1.00 bits per heavy atom. The van der Waals surface area contributed by atoms with Crippen LogP contribution in [0.2, 0.25) is 0 Å². The molecule has 2 amide bonds. The molecule has 1 unspecified atom stereocenters. The Bertz CT molecular complexity index is 789. The third kappa shape index (κ3) is 14.6. The first-order valence-corrected chi connectivity index (χ1v) is 11.1. The molecule has 0 spiro atoms. The Hall–Kier alpha value is -2.74. The zero-order valence-corrected chi connectivity index (χ0v) is 19.7. The van der Waals surface area contributed by atoms with E-state index in [2.05, 4.69) is 0 Å². The van der Waals surface area contributed by atoms with Crippen LogP contribution in [0, 0.1) is 0 Å². The molecule has 0 saturated heterocycles. The molecule has 14 heteroatoms. The molecule has 1 rings (SSSR count). The van der Waals surface area contributed by atoms with Crippen molar-refractivity contribution in [2.45, 2.75) is 44.6 Å². The van der Waals surface area contributed by atoms with Gasteiger partial charge in [0.05, 0.1) is 13.2 Å². The lowest BCUT2D eigenvalue weighted by atomic mass is 10.1. The van der Waals surface area contributed by atoms with E-state index < -0.39 is 43.4 Å². The molecule has 1 aromatic rings. The molecule has 1 atom stereocenters. The Morgan fingerprint density at radius 3 is 2.19 bits per heavy atom. The van der Waals surface area contributed by atoms with Crippen molar-refractivity contribution in [3.05, 3.63) is 29.8 Å². The van der Waals surface area contributed by atoms with Crippen molar-refractivity contribution < 1.29 is 55.2 Å². The maximum Gasteiger partial charge on any atom is 0.405 e. The molecule has 1 aromatic carbocycles. The van der Waals surface area contributed by atoms with Crippen molar-refractivity contribution in [1.29, 1.82) is 0 Å². The number of hydrogen-bond donors (Lipinski definition) is 2. The minimum absolute atomic E-state index is 0.0937. The Morgan fingerprint density at radius 2 is 1.64 bits per heavy atom. The fourth-order valence-corrected chi connectivity index (χ4v) is 2.88. The summed E-state index contributed by atoms with van der Waals surface area (Å²) < 4.78 is 89.4. The lowest BCUT2D eigenvalue weighted by molar-refractivity contribution is -0.150. The summed E-state index contributed by atoms with van der Waals surface area (Å²) in [7, 11) is 0. The van der Waals surface area contributed by atoms with Gasteiger partial charge in [-0.25, -0.2) is 9.59 Å². The number of nitrogens with one attached hydrogen (secondary N) is 1. The van der Waals surface area contributed by atoms with Crippen molar-refractivity contribution in [1.82, 2.24) is 10.2 Å². The van der Waals surface area contributed by atoms with Gasteiger partial charge in [-0.1, -0.05) is 12.1 Å². The average Bonchev–Trinajstić information content (AvgIpc) is 2.78. The molecule has 0 radical (unpaired) electrons. The predicted molar refractivity (Wildman–Crippen MR) is 116 cm³/mol. The van der Waals surface area contributed by atoms with Crippen LogP contribution >= 0.6 is 0 Å². The van der Waals surface area contributed by atoms with Crippen molar-refractivity contribution in [2.75, 3.05) is 46.1 Å². The molecule has 0 aliphatic carbocycles. The maximum absolute atomic E-state index is 12.4. The van der Waals surface area contributed by atoms with Gasteiger partial charge in [0.25, 0.3) is 0 Å². The number of ether oxygens (including phenoxy) is 3. The van der Waals surface area contributed by atoms with Crippen LogP contribution in [0.4, 0.5) is 31.1 Å². The van der Waals surface area contributed by atoms with Crippen LogP contribution in [-0.2, 0) is 20.7 Å². The van der Waals surface area contributed by atoms with Crippen LogP contribution in [0.5, 0.6) is 5.75 Å². The monoisotopic (exact) mass is 532 g/mol. The number of nitrogens with zero attached hydrogens (tertiary/aromatic N) is 1. The number of benzene rings is 1. The van der Waals surface area contributed by atoms with E-state index in [0.29, 0.717) is 11.3 Å². The Kier molecular flexibility index (Phi) is 13.4. The van der Waals surface area contributed by atoms with E-state index in [9.17, 15) is 35.9 Å². The van der Waals surface area contributed by atoms with Crippen LogP contribution < -0.4 is 10.1 Å². The van der Waals surface area contributed by atoms with E-state index in [-0.39, 0.29) is 52.4 Å². The highest BCUT2D eigenvalue weighted by molar-refractivity contribution is 5.74. The van der Waals surface area contributed by atoms with Crippen molar-refractivity contribution >= 4 is 12.0 Å². The third-order valence-corrected chi connectivity index (χ3v) is 4.60. The topological polar surface area (TPSA) is 97.3 Å². The van der Waals surface area contributed by atoms with Crippen molar-refractivity contribution in [2.24, 2.45) is 0 Å². The van der Waals surface area contributed by atoms with Crippen LogP contribution in [0.3, 0.4) is 0 Å². The van der Waals surface area contributed by atoms with Gasteiger partial charge >= 0.3 is 24.4 Å². The van der Waals surface area contributed by atoms with Crippen molar-refractivity contribution in [3.63, 3.8) is 0 Å². The van der Waals surface area contributed by atoms with E-state index in [0.717, 1.165) is 4.90 Å². The summed E-state index contributed by atoms with van der Waals surface area (Å²) >= 11 is 0. The number of carboxylic acid groups (broad SMARTS) is 1. The number of hydrogen-bond acceptors (Lipinski definition) is 5. The highest BCUT2D eigenvalue weighted by atomic mass is 19.4. The van der Waals surface area contributed by atoms with Crippen LogP contribution in [0.15, 0.2) is 24.3 Å². The van der Waals surface area contributed by atoms with Gasteiger partial charge in [-0.05, 0) is 31.0 Å². The molecule has 0 fully saturated rings. The molecule has 36 heavy (non-hydrogen) atoms. The van der Waals surface area contributed by atoms with Gasteiger partial charge in [0.15, 0.2) is 6.10 Å². The lowest BCUT2D eigenvalue weighted by Crippen LogP contribution is -2.46. The largest absolute Gasteiger partial charge is 0.492 e. The molecule has 0 heterocycles. The average molecular weight is 532 g/mol. The first-order chi connectivity index (χ1) is 16.8. The number of urea groups is 1. The Labute approximate surface area is 204 Å². The molecular weight excluding hydrogens is 502 g/mol. The fourth-order valence-electron chi connectivity index (χ4n) is 2.88. The minimum atomic E-state index is -4.62. The number of carboxylic acids is 1. The van der Waals surface area contributed by atoms with E-state index in [1.165, 1.54) is 0 Å². The fraction of sp³-hybridized carbons (Fsp3) is 0.636. The van der Waals surface area contributed by atoms with Crippen LogP contribution in [0.1, 0.15) is 25.3 Å². The van der Waals surface area contributed by atoms with Gasteiger partial charge in [-0.3, -0.25) is 0 Å². The van der Waals surface area contributed by atoms with Gasteiger partial charge in [-0.2, -0.15) is 26.3 Å². The lowest BCUT2D eigenvalue weighted by Gasteiger charge is -2.23. The predicted octanol–water partition coefficient (Wildman–Crippen LogP) is 4.03. The van der Waals surface area contributed by atoms with Gasteiger partial charge < -0.3 is 29.5 Å². The first-order valence-electron chi connectivity index (χ1n) is 11.1. The van der Waals surface area contributed by atoms with Gasteiger partial charge in [0.2, 0.25) is 0 Å². The number of amides is 2. The van der Waals surface area contributed by atoms with Crippen LogP contribution in [-0.4, -0.2) is 86.5 Å². The van der Waals surface area contributed by atoms with Gasteiger partial charge in [0, 0.05) is 32.6 Å². The van der Waals surface area contributed by atoms with E-state index in [4.69, 9.17) is 19.3 Å². The number of rotatable bonds is 16. The highest BCUT2D eigenvalue weighted by Gasteiger charge is 2.29. The smallest absolute Gasteiger partial charge is 0.405 e. The molecule has 0 aromatic heterocycles. The summed E-state index contributed by atoms with van der Waals surface area (Å²) in [6.07, 6.45) is -11.1. The standard InChI is InChI=1S/C22H30F6N2O6/c1-2-35-18(19(31)32)14-16-4-6-17(7-5-16)36-13-10-30(20(33)29-15-22(26,27)28)9-12-34-11-3-8-21(23,24)25/h4-7,18H,2-3,8-15H2,1H3,(H,29,33)(H,31,32). The number of carbonyl (C=O) groups is 2. The van der Waals surface area contributed by atoms with E-state index >= 15 is 0 Å². The molecule has 0 saturated carbocycles. The van der Waals surface area contributed by atoms with E-state index in [1.807, 2.05) is 0 Å². The molecule has 2 N–H and O–H groups in total. The van der Waals surface area contributed by atoms with Crippen LogP contribution in [0.25, 0.3) is 0 Å². The summed E-state index contributed by atoms with van der Waals surface area (Å²) in [6.45, 7) is -0.388. The number of aliphatic carboxylic acids is 1. The number of alkyl halides is 6. The zero-order chi connectivity index (χ0) is 27.2. The minimum Gasteiger partial charge on any atom is -0.492 e. The third-order valence-electron chi connectivity index (χ3n) is 4.60. The summed E-state index contributed by atoms with van der Waals surface area (Å²) in [6, 6.07) is 5.37.